The number of amides is 1. The molecule has 0 radical (unpaired) electrons. The molecule has 3 aromatic rings. The van der Waals surface area contributed by atoms with Gasteiger partial charge >= 0.3 is 5.97 Å². The highest BCUT2D eigenvalue weighted by Gasteiger charge is 2.66. The number of esters is 1. The van der Waals surface area contributed by atoms with E-state index in [9.17, 15) is 9.59 Å². The predicted molar refractivity (Wildman–Crippen MR) is 150 cm³/mol. The third-order valence-corrected chi connectivity index (χ3v) is 11.2. The molecule has 4 atom stereocenters. The maximum atomic E-state index is 14.1. The number of rotatable bonds is 8. The van der Waals surface area contributed by atoms with Gasteiger partial charge in [-0.2, -0.15) is 0 Å². The van der Waals surface area contributed by atoms with E-state index in [0.717, 1.165) is 11.1 Å². The molecule has 14 heteroatoms. The summed E-state index contributed by atoms with van der Waals surface area (Å²) in [7, 11) is 1.72. The number of fused-ring (bicyclic) bond motifs is 1. The number of ether oxygens (including phenoxy) is 1. The monoisotopic (exact) mass is 622 g/mol. The Kier molecular flexibility index (Phi) is 7.32. The van der Waals surface area contributed by atoms with Crippen LogP contribution in [0.3, 0.4) is 0 Å². The number of β-lactam (4-membered cyclic amide) rings is 1. The van der Waals surface area contributed by atoms with Gasteiger partial charge in [-0.25, -0.2) is 9.48 Å². The molecule has 6 rings (SSSR count). The van der Waals surface area contributed by atoms with Gasteiger partial charge in [0.25, 0.3) is 0 Å². The Morgan fingerprint density at radius 1 is 1.15 bits per heavy atom. The van der Waals surface area contributed by atoms with E-state index < -0.39 is 33.2 Å². The molecular formula is C25H21Cl3N6O3S2. The fourth-order valence-corrected chi connectivity index (χ4v) is 8.58. The van der Waals surface area contributed by atoms with Gasteiger partial charge in [0, 0.05) is 12.8 Å². The van der Waals surface area contributed by atoms with Crippen molar-refractivity contribution in [3.8, 4) is 0 Å². The number of hydrogen-bond acceptors (Lipinski definition) is 9. The summed E-state index contributed by atoms with van der Waals surface area (Å²) in [5.41, 5.74) is 2.32. The number of nitrogens with zero attached hydrogens (tertiary/aromatic N) is 5. The lowest BCUT2D eigenvalue weighted by molar-refractivity contribution is -0.155. The number of carbonyl (C=O) groups is 2. The average molecular weight is 624 g/mol. The lowest BCUT2D eigenvalue weighted by Crippen LogP contribution is -2.80. The zero-order valence-electron chi connectivity index (χ0n) is 20.3. The number of alkyl halides is 3. The molecule has 2 bridgehead atoms. The van der Waals surface area contributed by atoms with Crippen molar-refractivity contribution < 1.29 is 14.3 Å². The third-order valence-electron chi connectivity index (χ3n) is 6.82. The number of tetrazole rings is 1. The number of halogens is 3. The summed E-state index contributed by atoms with van der Waals surface area (Å²) in [6, 6.07) is 18.3. The molecule has 9 nitrogen and oxygen atoms in total. The van der Waals surface area contributed by atoms with Crippen LogP contribution < -0.4 is 5.32 Å². The summed E-state index contributed by atoms with van der Waals surface area (Å²) >= 11 is 22.5. The van der Waals surface area contributed by atoms with E-state index in [-0.39, 0.29) is 22.7 Å². The molecule has 2 fully saturated rings. The van der Waals surface area contributed by atoms with Crippen LogP contribution in [0.1, 0.15) is 17.2 Å². The Labute approximate surface area is 247 Å². The Morgan fingerprint density at radius 2 is 1.79 bits per heavy atom. The van der Waals surface area contributed by atoms with Gasteiger partial charge in [0.1, 0.15) is 26.9 Å². The molecule has 39 heavy (non-hydrogen) atoms. The van der Waals surface area contributed by atoms with Gasteiger partial charge in [-0.05, 0) is 27.1 Å². The van der Waals surface area contributed by atoms with Crippen molar-refractivity contribution in [3.05, 3.63) is 83.1 Å². The van der Waals surface area contributed by atoms with Gasteiger partial charge in [0.15, 0.2) is 6.10 Å². The van der Waals surface area contributed by atoms with Crippen LogP contribution in [0.5, 0.6) is 0 Å². The van der Waals surface area contributed by atoms with Crippen LogP contribution in [-0.2, 0) is 21.4 Å². The highest BCUT2D eigenvalue weighted by atomic mass is 35.5. The van der Waals surface area contributed by atoms with Crippen molar-refractivity contribution in [2.45, 2.75) is 37.8 Å². The maximum absolute atomic E-state index is 14.1. The molecule has 3 aliphatic rings. The highest BCUT2D eigenvalue weighted by molar-refractivity contribution is 8.01. The number of aryl methyl sites for hydroxylation is 1. The molecule has 1 aromatic heterocycles. The maximum Gasteiger partial charge on any atom is 0.356 e. The molecule has 0 aliphatic carbocycles. The van der Waals surface area contributed by atoms with Crippen LogP contribution in [0.2, 0.25) is 0 Å². The number of benzene rings is 2. The van der Waals surface area contributed by atoms with E-state index in [1.807, 2.05) is 60.7 Å². The van der Waals surface area contributed by atoms with E-state index in [1.54, 1.807) is 7.05 Å². The fraction of sp³-hybridized carbons (Fsp3) is 0.320. The molecule has 2 aromatic carbocycles. The second-order valence-electron chi connectivity index (χ2n) is 9.16. The van der Waals surface area contributed by atoms with E-state index in [4.69, 9.17) is 39.5 Å². The van der Waals surface area contributed by atoms with Crippen molar-refractivity contribution in [2.75, 3.05) is 5.75 Å². The summed E-state index contributed by atoms with van der Waals surface area (Å²) in [6.07, 6.45) is -0.696. The Hall–Kier alpha value is -2.28. The number of aromatic nitrogens is 4. The predicted octanol–water partition coefficient (Wildman–Crippen LogP) is 3.88. The van der Waals surface area contributed by atoms with Crippen molar-refractivity contribution in [2.24, 2.45) is 7.05 Å². The first-order chi connectivity index (χ1) is 18.8. The Morgan fingerprint density at radius 3 is 2.36 bits per heavy atom. The van der Waals surface area contributed by atoms with Crippen LogP contribution in [0.15, 0.2) is 77.1 Å². The van der Waals surface area contributed by atoms with Crippen LogP contribution in [0.25, 0.3) is 0 Å². The smallest absolute Gasteiger partial charge is 0.356 e. The van der Waals surface area contributed by atoms with Crippen LogP contribution in [-0.4, -0.2) is 69.2 Å². The van der Waals surface area contributed by atoms with Gasteiger partial charge in [-0.15, -0.1) is 40.1 Å². The highest BCUT2D eigenvalue weighted by Crippen LogP contribution is 2.55. The van der Waals surface area contributed by atoms with Crippen molar-refractivity contribution >= 4 is 70.2 Å². The first kappa shape index (κ1) is 26.9. The van der Waals surface area contributed by atoms with Crippen LogP contribution in [0.4, 0.5) is 0 Å². The molecule has 1 amide bonds. The lowest BCUT2D eigenvalue weighted by Gasteiger charge is -2.60. The first-order valence-electron chi connectivity index (χ1n) is 11.9. The van der Waals surface area contributed by atoms with E-state index in [1.165, 1.54) is 33.1 Å². The van der Waals surface area contributed by atoms with Crippen molar-refractivity contribution in [1.82, 2.24) is 30.4 Å². The van der Waals surface area contributed by atoms with Gasteiger partial charge in [-0.3, -0.25) is 15.0 Å². The van der Waals surface area contributed by atoms with E-state index in [0.29, 0.717) is 10.7 Å². The summed E-state index contributed by atoms with van der Waals surface area (Å²) in [4.78, 5) is 26.5. The molecule has 2 saturated heterocycles. The molecule has 4 heterocycles. The normalized spacial score (nSPS) is 25.7. The summed E-state index contributed by atoms with van der Waals surface area (Å²) in [6.45, 7) is 0. The molecule has 202 valence electrons. The fourth-order valence-electron chi connectivity index (χ4n) is 4.92. The first-order valence-corrected chi connectivity index (χ1v) is 15.1. The SMILES string of the molecule is Cn1nnnc1SCC1=C(C(=O)OC(c2ccccc2)c2ccccc2)N2C(=O)[C@@H]3NC(Cl)(C(Cl)Cl)C1S[C@@H]32. The Bertz CT molecular complexity index is 1400. The van der Waals surface area contributed by atoms with Crippen LogP contribution >= 0.6 is 58.3 Å². The third kappa shape index (κ3) is 4.62. The van der Waals surface area contributed by atoms with Crippen molar-refractivity contribution in [1.29, 1.82) is 0 Å². The zero-order chi connectivity index (χ0) is 27.3. The second-order valence-corrected chi connectivity index (χ2v) is 13.1. The minimum absolute atomic E-state index is 0.157. The zero-order valence-corrected chi connectivity index (χ0v) is 24.2. The number of thioether (sulfide) groups is 2. The summed E-state index contributed by atoms with van der Waals surface area (Å²) in [5, 5.41) is 14.4. The molecule has 3 aliphatic heterocycles. The summed E-state index contributed by atoms with van der Waals surface area (Å²) in [5.74, 6) is -0.686. The average Bonchev–Trinajstić information content (AvgIpc) is 3.37. The largest absolute Gasteiger partial charge is 0.448 e. The molecule has 1 N–H and O–H groups in total. The van der Waals surface area contributed by atoms with Crippen LogP contribution in [0, 0.1) is 0 Å². The van der Waals surface area contributed by atoms with Gasteiger partial charge in [0.2, 0.25) is 11.1 Å². The number of hydrogen-bond donors (Lipinski definition) is 1. The molecule has 2 unspecified atom stereocenters. The minimum Gasteiger partial charge on any atom is -0.448 e. The van der Waals surface area contributed by atoms with E-state index >= 15 is 0 Å². The second kappa shape index (κ2) is 10.6. The van der Waals surface area contributed by atoms with Crippen molar-refractivity contribution in [3.63, 3.8) is 0 Å². The molecule has 0 spiro atoms. The number of nitrogens with one attached hydrogen (secondary N) is 1. The summed E-state index contributed by atoms with van der Waals surface area (Å²) < 4.78 is 7.73. The quantitative estimate of drug-likeness (QED) is 0.132. The van der Waals surface area contributed by atoms with Gasteiger partial charge in [-0.1, -0.05) is 84.0 Å². The minimum atomic E-state index is -1.39. The standard InChI is InChI=1S/C25H21Cl3N6O3S2/c1-33-24(30-31-32-33)38-12-15-17(34-20(35)16-21(34)39-19(15)25(28,29-16)23(26)27)22(36)37-18(13-8-4-2-5-9-13)14-10-6-3-7-11-14/h2-11,16,18-19,21,23,29H,12H2,1H3/t16-,19?,21-,25?/m0/s1. The molecular weight excluding hydrogens is 603 g/mol. The topological polar surface area (TPSA) is 102 Å². The Balaban J connectivity index is 1.43. The van der Waals surface area contributed by atoms with E-state index in [2.05, 4.69) is 20.8 Å². The van der Waals surface area contributed by atoms with Gasteiger partial charge in [0.05, 0.1) is 5.25 Å². The molecule has 0 saturated carbocycles. The number of carbonyl (C=O) groups excluding carboxylic acids is 2. The lowest BCUT2D eigenvalue weighted by atomic mass is 9.93. The van der Waals surface area contributed by atoms with Gasteiger partial charge < -0.3 is 4.74 Å².